The van der Waals surface area contributed by atoms with E-state index >= 15 is 0 Å². The molecule has 1 aromatic rings. The Balaban J connectivity index is 3.30. The van der Waals surface area contributed by atoms with Gasteiger partial charge in [-0.2, -0.15) is 0 Å². The fourth-order valence-electron chi connectivity index (χ4n) is 1.95. The van der Waals surface area contributed by atoms with Gasteiger partial charge in [-0.25, -0.2) is 13.1 Å². The highest BCUT2D eigenvalue weighted by Crippen LogP contribution is 2.28. The quantitative estimate of drug-likeness (QED) is 0.782. The Hall–Kier alpha value is -1.27. The molecule has 0 fully saturated rings. The van der Waals surface area contributed by atoms with Gasteiger partial charge in [-0.1, -0.05) is 6.92 Å². The molecule has 0 bridgehead atoms. The maximum Gasteiger partial charge on any atom is 0.240 e. The first-order valence-electron chi connectivity index (χ1n) is 6.43. The molecule has 0 aromatic heterocycles. The van der Waals surface area contributed by atoms with Crippen LogP contribution in [0.1, 0.15) is 27.2 Å². The Morgan fingerprint density at radius 3 is 2.47 bits per heavy atom. The van der Waals surface area contributed by atoms with Crippen LogP contribution in [0.4, 0.5) is 11.4 Å². The zero-order valence-corrected chi connectivity index (χ0v) is 12.8. The van der Waals surface area contributed by atoms with Crippen LogP contribution >= 0.6 is 0 Å². The van der Waals surface area contributed by atoms with Crippen molar-refractivity contribution in [3.05, 3.63) is 18.2 Å². The molecule has 0 aliphatic heterocycles. The highest BCUT2D eigenvalue weighted by Gasteiger charge is 2.17. The van der Waals surface area contributed by atoms with Crippen LogP contribution in [-0.2, 0) is 10.0 Å². The number of nitrogens with two attached hydrogens (primary N) is 1. The second kappa shape index (κ2) is 6.25. The monoisotopic (exact) mass is 285 g/mol. The summed E-state index contributed by atoms with van der Waals surface area (Å²) in [6, 6.07) is 5.06. The van der Waals surface area contributed by atoms with Crippen LogP contribution in [0.3, 0.4) is 0 Å². The Labute approximate surface area is 115 Å². The maximum absolute atomic E-state index is 11.8. The van der Waals surface area contributed by atoms with Gasteiger partial charge in [-0.05, 0) is 45.5 Å². The average Bonchev–Trinajstić information content (AvgIpc) is 2.36. The lowest BCUT2D eigenvalue weighted by Gasteiger charge is -2.30. The second-order valence-electron chi connectivity index (χ2n) is 4.72. The Morgan fingerprint density at radius 2 is 2.00 bits per heavy atom. The molecule has 3 N–H and O–H groups in total. The van der Waals surface area contributed by atoms with Gasteiger partial charge in [-0.15, -0.1) is 0 Å². The fraction of sp³-hybridized carbons (Fsp3) is 0.538. The standard InChI is InChI=1S/C13H23N3O2S/c1-5-8-16(10(2)3)13-9-11(6-7-12(13)14)19(17,18)15-4/h6-7,9-10,15H,5,8,14H2,1-4H3. The largest absolute Gasteiger partial charge is 0.397 e. The predicted octanol–water partition coefficient (Wildman–Crippen LogP) is 1.80. The Kier molecular flexibility index (Phi) is 5.20. The number of nitrogens with one attached hydrogen (secondary N) is 1. The summed E-state index contributed by atoms with van der Waals surface area (Å²) < 4.78 is 26.0. The predicted molar refractivity (Wildman–Crippen MR) is 79.9 cm³/mol. The van der Waals surface area contributed by atoms with Gasteiger partial charge in [-0.3, -0.25) is 0 Å². The van der Waals surface area contributed by atoms with Crippen LogP contribution in [0, 0.1) is 0 Å². The van der Waals surface area contributed by atoms with Crippen LogP contribution in [-0.4, -0.2) is 28.1 Å². The SMILES string of the molecule is CCCN(c1cc(S(=O)(=O)NC)ccc1N)C(C)C. The second-order valence-corrected chi connectivity index (χ2v) is 6.60. The van der Waals surface area contributed by atoms with Gasteiger partial charge in [0, 0.05) is 12.6 Å². The molecular weight excluding hydrogens is 262 g/mol. The van der Waals surface area contributed by atoms with Crippen molar-refractivity contribution >= 4 is 21.4 Å². The summed E-state index contributed by atoms with van der Waals surface area (Å²) in [5.41, 5.74) is 7.35. The third-order valence-electron chi connectivity index (χ3n) is 2.98. The molecule has 0 atom stereocenters. The molecule has 0 spiro atoms. The number of nitrogens with zero attached hydrogens (tertiary/aromatic N) is 1. The molecule has 0 radical (unpaired) electrons. The normalized spacial score (nSPS) is 11.8. The number of benzene rings is 1. The number of rotatable bonds is 6. The molecule has 0 amide bonds. The smallest absolute Gasteiger partial charge is 0.240 e. The fourth-order valence-corrected chi connectivity index (χ4v) is 2.70. The zero-order chi connectivity index (χ0) is 14.6. The van der Waals surface area contributed by atoms with Crippen molar-refractivity contribution in [1.29, 1.82) is 0 Å². The molecule has 108 valence electrons. The molecule has 0 aliphatic rings. The topological polar surface area (TPSA) is 75.4 Å². The lowest BCUT2D eigenvalue weighted by Crippen LogP contribution is -2.32. The molecule has 0 unspecified atom stereocenters. The summed E-state index contributed by atoms with van der Waals surface area (Å²) in [6.45, 7) is 7.05. The van der Waals surface area contributed by atoms with Gasteiger partial charge in [0.2, 0.25) is 10.0 Å². The van der Waals surface area contributed by atoms with Crippen LogP contribution < -0.4 is 15.4 Å². The summed E-state index contributed by atoms with van der Waals surface area (Å²) in [5.74, 6) is 0. The van der Waals surface area contributed by atoms with Crippen LogP contribution in [0.25, 0.3) is 0 Å². The van der Waals surface area contributed by atoms with E-state index in [4.69, 9.17) is 5.73 Å². The number of hydrogen-bond donors (Lipinski definition) is 2. The van der Waals surface area contributed by atoms with E-state index in [2.05, 4.69) is 30.4 Å². The van der Waals surface area contributed by atoms with Crippen molar-refractivity contribution in [2.24, 2.45) is 0 Å². The first-order valence-corrected chi connectivity index (χ1v) is 7.91. The van der Waals surface area contributed by atoms with Gasteiger partial charge in [0.05, 0.1) is 16.3 Å². The van der Waals surface area contributed by atoms with Gasteiger partial charge < -0.3 is 10.6 Å². The minimum Gasteiger partial charge on any atom is -0.397 e. The highest BCUT2D eigenvalue weighted by atomic mass is 32.2. The van der Waals surface area contributed by atoms with E-state index < -0.39 is 10.0 Å². The minimum atomic E-state index is -3.44. The molecule has 6 heteroatoms. The Morgan fingerprint density at radius 1 is 1.37 bits per heavy atom. The van der Waals surface area contributed by atoms with Crippen LogP contribution in [0.5, 0.6) is 0 Å². The third kappa shape index (κ3) is 3.61. The van der Waals surface area contributed by atoms with Crippen molar-refractivity contribution in [3.8, 4) is 0 Å². The first kappa shape index (κ1) is 15.8. The molecule has 5 nitrogen and oxygen atoms in total. The lowest BCUT2D eigenvalue weighted by atomic mass is 10.2. The first-order chi connectivity index (χ1) is 8.83. The molecule has 0 aliphatic carbocycles. The van der Waals surface area contributed by atoms with E-state index in [0.29, 0.717) is 5.69 Å². The minimum absolute atomic E-state index is 0.237. The van der Waals surface area contributed by atoms with Crippen LogP contribution in [0.15, 0.2) is 23.1 Å². The number of nitrogen functional groups attached to an aromatic ring is 1. The molecular formula is C13H23N3O2S. The average molecular weight is 285 g/mol. The summed E-state index contributed by atoms with van der Waals surface area (Å²) in [5, 5.41) is 0. The molecule has 0 heterocycles. The van der Waals surface area contributed by atoms with Crippen molar-refractivity contribution < 1.29 is 8.42 Å². The van der Waals surface area contributed by atoms with Crippen molar-refractivity contribution in [3.63, 3.8) is 0 Å². The highest BCUT2D eigenvalue weighted by molar-refractivity contribution is 7.89. The maximum atomic E-state index is 11.8. The molecule has 1 rings (SSSR count). The molecule has 1 aromatic carbocycles. The van der Waals surface area contributed by atoms with Crippen molar-refractivity contribution in [1.82, 2.24) is 4.72 Å². The van der Waals surface area contributed by atoms with E-state index in [1.54, 1.807) is 12.1 Å². The van der Waals surface area contributed by atoms with Gasteiger partial charge in [0.15, 0.2) is 0 Å². The van der Waals surface area contributed by atoms with E-state index in [1.165, 1.54) is 13.1 Å². The number of anilines is 2. The van der Waals surface area contributed by atoms with Crippen molar-refractivity contribution in [2.45, 2.75) is 38.1 Å². The summed E-state index contributed by atoms with van der Waals surface area (Å²) in [4.78, 5) is 2.35. The Bertz CT molecular complexity index is 527. The van der Waals surface area contributed by atoms with E-state index in [9.17, 15) is 8.42 Å². The molecule has 19 heavy (non-hydrogen) atoms. The lowest BCUT2D eigenvalue weighted by molar-refractivity contribution is 0.588. The summed E-state index contributed by atoms with van der Waals surface area (Å²) in [7, 11) is -2.04. The van der Waals surface area contributed by atoms with E-state index in [0.717, 1.165) is 18.7 Å². The van der Waals surface area contributed by atoms with Gasteiger partial charge >= 0.3 is 0 Å². The number of hydrogen-bond acceptors (Lipinski definition) is 4. The van der Waals surface area contributed by atoms with Gasteiger partial charge in [0.25, 0.3) is 0 Å². The van der Waals surface area contributed by atoms with Crippen molar-refractivity contribution in [2.75, 3.05) is 24.2 Å². The van der Waals surface area contributed by atoms with Gasteiger partial charge in [0.1, 0.15) is 0 Å². The van der Waals surface area contributed by atoms with E-state index in [1.807, 2.05) is 0 Å². The van der Waals surface area contributed by atoms with E-state index in [-0.39, 0.29) is 10.9 Å². The molecule has 0 saturated carbocycles. The van der Waals surface area contributed by atoms with Crippen LogP contribution in [0.2, 0.25) is 0 Å². The zero-order valence-electron chi connectivity index (χ0n) is 12.0. The summed E-state index contributed by atoms with van der Waals surface area (Å²) >= 11 is 0. The summed E-state index contributed by atoms with van der Waals surface area (Å²) in [6.07, 6.45) is 0.973. The third-order valence-corrected chi connectivity index (χ3v) is 4.39. The molecule has 0 saturated heterocycles. The number of sulfonamides is 1.